The number of hydrogen-bond acceptors (Lipinski definition) is 6. The topological polar surface area (TPSA) is 98.2 Å². The summed E-state index contributed by atoms with van der Waals surface area (Å²) in [7, 11) is 1.48. The number of methoxy groups -OCH3 is 1. The molecule has 0 bridgehead atoms. The van der Waals surface area contributed by atoms with Gasteiger partial charge >= 0.3 is 11.8 Å². The predicted octanol–water partition coefficient (Wildman–Crippen LogP) is 4.83. The minimum Gasteiger partial charge on any atom is -0.495 e. The Labute approximate surface area is 212 Å². The molecule has 3 rings (SSSR count). The summed E-state index contributed by atoms with van der Waals surface area (Å²) in [5.41, 5.74) is 5.42. The second kappa shape index (κ2) is 12.6. The Kier molecular flexibility index (Phi) is 9.25. The lowest BCUT2D eigenvalue weighted by molar-refractivity contribution is -0.136. The Balaban J connectivity index is 1.66. The van der Waals surface area contributed by atoms with Crippen LogP contribution >= 0.6 is 15.9 Å². The maximum atomic E-state index is 12.2. The second-order valence-corrected chi connectivity index (χ2v) is 8.25. The van der Waals surface area contributed by atoms with Gasteiger partial charge in [0.25, 0.3) is 0 Å². The summed E-state index contributed by atoms with van der Waals surface area (Å²) < 4.78 is 17.6. The molecule has 0 heterocycles. The molecule has 0 radical (unpaired) electrons. The van der Waals surface area contributed by atoms with Crippen LogP contribution in [0.25, 0.3) is 0 Å². The van der Waals surface area contributed by atoms with Crippen LogP contribution in [0.1, 0.15) is 23.6 Å². The average Bonchev–Trinajstić information content (AvgIpc) is 2.84. The quantitative estimate of drug-likeness (QED) is 0.230. The maximum absolute atomic E-state index is 12.2. The normalized spacial score (nSPS) is 10.6. The number of amides is 2. The lowest BCUT2D eigenvalue weighted by Gasteiger charge is -2.15. The van der Waals surface area contributed by atoms with Gasteiger partial charge in [-0.3, -0.25) is 9.59 Å². The zero-order valence-electron chi connectivity index (χ0n) is 19.6. The molecule has 0 aliphatic rings. The number of hydrazone groups is 1. The predicted molar refractivity (Wildman–Crippen MR) is 138 cm³/mol. The molecule has 0 saturated carbocycles. The van der Waals surface area contributed by atoms with Gasteiger partial charge in [0, 0.05) is 0 Å². The largest absolute Gasteiger partial charge is 0.495 e. The van der Waals surface area contributed by atoms with Crippen LogP contribution in [-0.2, 0) is 16.2 Å². The van der Waals surface area contributed by atoms with Crippen molar-refractivity contribution < 1.29 is 23.8 Å². The molecule has 9 heteroatoms. The van der Waals surface area contributed by atoms with E-state index in [0.29, 0.717) is 46.2 Å². The molecule has 2 N–H and O–H groups in total. The number of rotatable bonds is 9. The van der Waals surface area contributed by atoms with Crippen LogP contribution in [0.5, 0.6) is 17.2 Å². The summed E-state index contributed by atoms with van der Waals surface area (Å²) >= 11 is 3.52. The molecule has 8 nitrogen and oxygen atoms in total. The Morgan fingerprint density at radius 3 is 2.54 bits per heavy atom. The fourth-order valence-corrected chi connectivity index (χ4v) is 3.74. The highest BCUT2D eigenvalue weighted by molar-refractivity contribution is 9.10. The standard InChI is InChI=1S/C26H26BrN3O5/c1-4-34-23-14-19(13-20(27)24(23)35-16-18-9-7-8-17(2)12-18)15-28-30-26(32)25(31)29-21-10-5-6-11-22(21)33-3/h5-15H,4,16H2,1-3H3,(H,29,31)(H,30,32)/b28-15+. The van der Waals surface area contributed by atoms with Gasteiger partial charge in [-0.05, 0) is 65.2 Å². The molecule has 182 valence electrons. The fourth-order valence-electron chi connectivity index (χ4n) is 3.17. The summed E-state index contributed by atoms with van der Waals surface area (Å²) in [5.74, 6) is -0.269. The van der Waals surface area contributed by atoms with Crippen molar-refractivity contribution in [3.8, 4) is 17.2 Å². The Hall–Kier alpha value is -3.85. The summed E-state index contributed by atoms with van der Waals surface area (Å²) in [6.45, 7) is 4.72. The summed E-state index contributed by atoms with van der Waals surface area (Å²) in [5, 5.41) is 6.38. The van der Waals surface area contributed by atoms with Crippen molar-refractivity contribution in [1.29, 1.82) is 0 Å². The molecule has 0 fully saturated rings. The molecule has 0 saturated heterocycles. The second-order valence-electron chi connectivity index (χ2n) is 7.39. The van der Waals surface area contributed by atoms with E-state index in [1.165, 1.54) is 13.3 Å². The number of hydrogen-bond donors (Lipinski definition) is 2. The van der Waals surface area contributed by atoms with Crippen molar-refractivity contribution in [2.45, 2.75) is 20.5 Å². The van der Waals surface area contributed by atoms with E-state index < -0.39 is 11.8 Å². The molecular weight excluding hydrogens is 514 g/mol. The number of nitrogens with zero attached hydrogens (tertiary/aromatic N) is 1. The van der Waals surface area contributed by atoms with E-state index in [-0.39, 0.29) is 0 Å². The van der Waals surface area contributed by atoms with Gasteiger partial charge in [0.15, 0.2) is 11.5 Å². The third-order valence-corrected chi connectivity index (χ3v) is 5.33. The van der Waals surface area contributed by atoms with Crippen LogP contribution in [0.4, 0.5) is 5.69 Å². The number of benzene rings is 3. The van der Waals surface area contributed by atoms with Crippen LogP contribution in [0.15, 0.2) is 70.2 Å². The van der Waals surface area contributed by atoms with Crippen LogP contribution in [0.3, 0.4) is 0 Å². The third-order valence-electron chi connectivity index (χ3n) is 4.74. The Bertz CT molecular complexity index is 1230. The van der Waals surface area contributed by atoms with E-state index in [1.54, 1.807) is 36.4 Å². The molecule has 0 spiro atoms. The van der Waals surface area contributed by atoms with Gasteiger partial charge < -0.3 is 19.5 Å². The summed E-state index contributed by atoms with van der Waals surface area (Å²) in [4.78, 5) is 24.3. The molecule has 3 aromatic rings. The van der Waals surface area contributed by atoms with Gasteiger partial charge in [0.2, 0.25) is 0 Å². The SMILES string of the molecule is CCOc1cc(/C=N/NC(=O)C(=O)Nc2ccccc2OC)cc(Br)c1OCc1cccc(C)c1. The molecule has 3 aromatic carbocycles. The molecule has 0 unspecified atom stereocenters. The van der Waals surface area contributed by atoms with E-state index >= 15 is 0 Å². The van der Waals surface area contributed by atoms with Gasteiger partial charge in [-0.1, -0.05) is 42.0 Å². The van der Waals surface area contributed by atoms with Gasteiger partial charge in [0.05, 0.1) is 30.1 Å². The van der Waals surface area contributed by atoms with Gasteiger partial charge in [0.1, 0.15) is 12.4 Å². The molecule has 0 aliphatic heterocycles. The number of ether oxygens (including phenoxy) is 3. The first-order chi connectivity index (χ1) is 16.9. The van der Waals surface area contributed by atoms with E-state index in [2.05, 4.69) is 37.8 Å². The number of carbonyl (C=O) groups excluding carboxylic acids is 2. The highest BCUT2D eigenvalue weighted by Gasteiger charge is 2.16. The maximum Gasteiger partial charge on any atom is 0.329 e. The highest BCUT2D eigenvalue weighted by Crippen LogP contribution is 2.37. The van der Waals surface area contributed by atoms with Crippen molar-refractivity contribution in [3.05, 3.63) is 81.8 Å². The number of halogens is 1. The number of carbonyl (C=O) groups is 2. The van der Waals surface area contributed by atoms with Crippen LogP contribution in [-0.4, -0.2) is 31.7 Å². The number of para-hydroxylation sites is 2. The molecular formula is C26H26BrN3O5. The smallest absolute Gasteiger partial charge is 0.329 e. The third kappa shape index (κ3) is 7.31. The first-order valence-electron chi connectivity index (χ1n) is 10.8. The van der Waals surface area contributed by atoms with Gasteiger partial charge in [-0.15, -0.1) is 0 Å². The van der Waals surface area contributed by atoms with Crippen LogP contribution < -0.4 is 25.0 Å². The van der Waals surface area contributed by atoms with E-state index in [1.807, 2.05) is 32.0 Å². The lowest BCUT2D eigenvalue weighted by atomic mass is 10.1. The summed E-state index contributed by atoms with van der Waals surface area (Å²) in [6, 6.07) is 18.4. The van der Waals surface area contributed by atoms with Crippen molar-refractivity contribution in [2.24, 2.45) is 5.10 Å². The van der Waals surface area contributed by atoms with E-state index in [0.717, 1.165) is 11.1 Å². The minimum absolute atomic E-state index is 0.380. The Morgan fingerprint density at radius 2 is 1.80 bits per heavy atom. The number of nitrogens with one attached hydrogen (secondary N) is 2. The minimum atomic E-state index is -0.922. The van der Waals surface area contributed by atoms with Crippen LogP contribution in [0, 0.1) is 6.92 Å². The van der Waals surface area contributed by atoms with Crippen LogP contribution in [0.2, 0.25) is 0 Å². The van der Waals surface area contributed by atoms with E-state index in [4.69, 9.17) is 14.2 Å². The monoisotopic (exact) mass is 539 g/mol. The molecule has 35 heavy (non-hydrogen) atoms. The van der Waals surface area contributed by atoms with Crippen molar-refractivity contribution >= 4 is 39.6 Å². The summed E-state index contributed by atoms with van der Waals surface area (Å²) in [6.07, 6.45) is 1.41. The van der Waals surface area contributed by atoms with Crippen molar-refractivity contribution in [3.63, 3.8) is 0 Å². The zero-order chi connectivity index (χ0) is 25.2. The van der Waals surface area contributed by atoms with Crippen molar-refractivity contribution in [1.82, 2.24) is 5.43 Å². The van der Waals surface area contributed by atoms with Crippen molar-refractivity contribution in [2.75, 3.05) is 19.0 Å². The first-order valence-corrected chi connectivity index (χ1v) is 11.6. The molecule has 2 amide bonds. The lowest BCUT2D eigenvalue weighted by Crippen LogP contribution is -2.32. The molecule has 0 aromatic heterocycles. The van der Waals surface area contributed by atoms with Gasteiger partial charge in [-0.25, -0.2) is 5.43 Å². The molecule has 0 atom stereocenters. The average molecular weight is 540 g/mol. The highest BCUT2D eigenvalue weighted by atomic mass is 79.9. The van der Waals surface area contributed by atoms with E-state index in [9.17, 15) is 9.59 Å². The first kappa shape index (κ1) is 25.8. The number of aryl methyl sites for hydroxylation is 1. The Morgan fingerprint density at radius 1 is 1.00 bits per heavy atom. The fraction of sp³-hybridized carbons (Fsp3) is 0.192. The number of anilines is 1. The molecule has 0 aliphatic carbocycles. The van der Waals surface area contributed by atoms with Gasteiger partial charge in [-0.2, -0.15) is 5.10 Å². The zero-order valence-corrected chi connectivity index (χ0v) is 21.2.